The normalized spacial score (nSPS) is 12.6. The summed E-state index contributed by atoms with van der Waals surface area (Å²) >= 11 is 0. The van der Waals surface area contributed by atoms with Crippen LogP contribution in [0.2, 0.25) is 0 Å². The monoisotopic (exact) mass is 218 g/mol. The van der Waals surface area contributed by atoms with Gasteiger partial charge in [0, 0.05) is 12.6 Å². The zero-order valence-corrected chi connectivity index (χ0v) is 9.05. The molecule has 0 aliphatic rings. The predicted molar refractivity (Wildman–Crippen MR) is 59.2 cm³/mol. The van der Waals surface area contributed by atoms with Crippen LogP contribution in [-0.2, 0) is 6.42 Å². The second-order valence-electron chi connectivity index (χ2n) is 3.53. The van der Waals surface area contributed by atoms with Gasteiger partial charge < -0.3 is 4.42 Å². The van der Waals surface area contributed by atoms with E-state index in [9.17, 15) is 0 Å². The van der Waals surface area contributed by atoms with Crippen molar-refractivity contribution in [1.29, 1.82) is 0 Å². The number of hydrazine groups is 1. The number of nitrogens with two attached hydrogens (primary N) is 1. The molecule has 0 amide bonds. The highest BCUT2D eigenvalue weighted by molar-refractivity contribution is 5.11. The molecule has 1 atom stereocenters. The highest BCUT2D eigenvalue weighted by Gasteiger charge is 2.13. The van der Waals surface area contributed by atoms with Crippen LogP contribution in [0.25, 0.3) is 0 Å². The molecule has 0 radical (unpaired) electrons. The van der Waals surface area contributed by atoms with E-state index >= 15 is 0 Å². The molecule has 0 aromatic carbocycles. The summed E-state index contributed by atoms with van der Waals surface area (Å²) in [5.74, 6) is 7.13. The van der Waals surface area contributed by atoms with Crippen LogP contribution in [0.1, 0.15) is 23.3 Å². The summed E-state index contributed by atoms with van der Waals surface area (Å²) in [7, 11) is 0. The second kappa shape index (κ2) is 4.87. The van der Waals surface area contributed by atoms with E-state index < -0.39 is 0 Å². The van der Waals surface area contributed by atoms with Gasteiger partial charge in [0.2, 0.25) is 0 Å². The summed E-state index contributed by atoms with van der Waals surface area (Å²) < 4.78 is 5.28. The van der Waals surface area contributed by atoms with Gasteiger partial charge in [-0.3, -0.25) is 11.3 Å². The molecule has 0 aliphatic carbocycles. The summed E-state index contributed by atoms with van der Waals surface area (Å²) in [6.45, 7) is 1.85. The van der Waals surface area contributed by atoms with Crippen LogP contribution in [0.4, 0.5) is 0 Å². The van der Waals surface area contributed by atoms with Crippen LogP contribution in [0.15, 0.2) is 35.1 Å². The van der Waals surface area contributed by atoms with E-state index in [1.165, 1.54) is 0 Å². The minimum atomic E-state index is -0.0622. The molecule has 0 fully saturated rings. The van der Waals surface area contributed by atoms with Crippen LogP contribution < -0.4 is 11.3 Å². The van der Waals surface area contributed by atoms with Crippen molar-refractivity contribution < 1.29 is 4.42 Å². The van der Waals surface area contributed by atoms with Gasteiger partial charge in [-0.15, -0.1) is 0 Å². The Bertz CT molecular complexity index is 441. The Balaban J connectivity index is 2.16. The van der Waals surface area contributed by atoms with Gasteiger partial charge in [-0.1, -0.05) is 0 Å². The van der Waals surface area contributed by atoms with Crippen LogP contribution in [0.5, 0.6) is 0 Å². The number of nitrogens with one attached hydrogen (secondary N) is 1. The highest BCUT2D eigenvalue weighted by atomic mass is 16.3. The van der Waals surface area contributed by atoms with Crippen molar-refractivity contribution >= 4 is 0 Å². The molecule has 3 N–H and O–H groups in total. The topological polar surface area (TPSA) is 77.0 Å². The van der Waals surface area contributed by atoms with Gasteiger partial charge in [-0.25, -0.2) is 9.97 Å². The smallest absolute Gasteiger partial charge is 0.125 e. The van der Waals surface area contributed by atoms with E-state index in [2.05, 4.69) is 15.4 Å². The molecule has 0 saturated carbocycles. The molecule has 0 aliphatic heterocycles. The van der Waals surface area contributed by atoms with Crippen LogP contribution in [0, 0.1) is 6.92 Å². The lowest BCUT2D eigenvalue weighted by molar-refractivity contribution is 0.449. The summed E-state index contributed by atoms with van der Waals surface area (Å²) in [5, 5.41) is 0. The molecule has 2 aromatic rings. The van der Waals surface area contributed by atoms with Crippen LogP contribution >= 0.6 is 0 Å². The van der Waals surface area contributed by atoms with E-state index in [-0.39, 0.29) is 6.04 Å². The number of rotatable bonds is 4. The summed E-state index contributed by atoms with van der Waals surface area (Å²) in [6.07, 6.45) is 4.04. The first-order valence-electron chi connectivity index (χ1n) is 5.07. The zero-order chi connectivity index (χ0) is 11.4. The Morgan fingerprint density at radius 1 is 1.50 bits per heavy atom. The maximum absolute atomic E-state index is 5.52. The minimum Gasteiger partial charge on any atom is -0.469 e. The molecule has 1 unspecified atom stereocenters. The second-order valence-corrected chi connectivity index (χ2v) is 3.53. The van der Waals surface area contributed by atoms with Crippen molar-refractivity contribution in [3.63, 3.8) is 0 Å². The standard InChI is InChI=1S/C11H14N4O/c1-8-13-5-4-10(14-8)11(15-12)7-9-3-2-6-16-9/h2-6,11,15H,7,12H2,1H3. The van der Waals surface area contributed by atoms with Gasteiger partial charge in [-0.05, 0) is 25.1 Å². The summed E-state index contributed by atoms with van der Waals surface area (Å²) in [6, 6.07) is 5.56. The molecule has 2 heterocycles. The van der Waals surface area contributed by atoms with E-state index in [0.717, 1.165) is 17.3 Å². The van der Waals surface area contributed by atoms with Crippen molar-refractivity contribution in [2.75, 3.05) is 0 Å². The maximum atomic E-state index is 5.52. The highest BCUT2D eigenvalue weighted by Crippen LogP contribution is 2.15. The molecule has 84 valence electrons. The molecule has 2 rings (SSSR count). The van der Waals surface area contributed by atoms with E-state index in [4.69, 9.17) is 10.3 Å². The van der Waals surface area contributed by atoms with Gasteiger partial charge in [0.25, 0.3) is 0 Å². The minimum absolute atomic E-state index is 0.0622. The first kappa shape index (κ1) is 10.8. The Kier molecular flexibility index (Phi) is 3.28. The molecule has 0 saturated heterocycles. The Morgan fingerprint density at radius 3 is 3.00 bits per heavy atom. The molecule has 5 heteroatoms. The lowest BCUT2D eigenvalue weighted by Crippen LogP contribution is -2.30. The van der Waals surface area contributed by atoms with Gasteiger partial charge in [0.1, 0.15) is 11.6 Å². The Labute approximate surface area is 93.7 Å². The van der Waals surface area contributed by atoms with E-state index in [1.807, 2.05) is 25.1 Å². The number of nitrogens with zero attached hydrogens (tertiary/aromatic N) is 2. The average Bonchev–Trinajstić information content (AvgIpc) is 2.78. The third-order valence-electron chi connectivity index (χ3n) is 2.34. The summed E-state index contributed by atoms with van der Waals surface area (Å²) in [4.78, 5) is 8.38. The fourth-order valence-corrected chi connectivity index (χ4v) is 1.55. The average molecular weight is 218 g/mol. The fourth-order valence-electron chi connectivity index (χ4n) is 1.55. The van der Waals surface area contributed by atoms with Crippen LogP contribution in [0.3, 0.4) is 0 Å². The van der Waals surface area contributed by atoms with E-state index in [1.54, 1.807) is 12.5 Å². The van der Waals surface area contributed by atoms with Crippen molar-refractivity contribution in [2.24, 2.45) is 5.84 Å². The van der Waals surface area contributed by atoms with Crippen molar-refractivity contribution in [1.82, 2.24) is 15.4 Å². The summed E-state index contributed by atoms with van der Waals surface area (Å²) in [5.41, 5.74) is 3.60. The number of aryl methyl sites for hydroxylation is 1. The molecule has 16 heavy (non-hydrogen) atoms. The number of hydrogen-bond donors (Lipinski definition) is 2. The third-order valence-corrected chi connectivity index (χ3v) is 2.34. The Morgan fingerprint density at radius 2 is 2.38 bits per heavy atom. The maximum Gasteiger partial charge on any atom is 0.125 e. The number of furan rings is 1. The fraction of sp³-hybridized carbons (Fsp3) is 0.273. The van der Waals surface area contributed by atoms with Crippen molar-refractivity contribution in [2.45, 2.75) is 19.4 Å². The molecular formula is C11H14N4O. The lowest BCUT2D eigenvalue weighted by Gasteiger charge is -2.13. The first-order valence-corrected chi connectivity index (χ1v) is 5.07. The predicted octanol–water partition coefficient (Wildman–Crippen LogP) is 1.13. The van der Waals surface area contributed by atoms with E-state index in [0.29, 0.717) is 6.42 Å². The molecule has 5 nitrogen and oxygen atoms in total. The molecular weight excluding hydrogens is 204 g/mol. The van der Waals surface area contributed by atoms with Crippen molar-refractivity contribution in [3.05, 3.63) is 47.9 Å². The van der Waals surface area contributed by atoms with Gasteiger partial charge in [-0.2, -0.15) is 0 Å². The molecule has 2 aromatic heterocycles. The molecule has 0 spiro atoms. The van der Waals surface area contributed by atoms with Gasteiger partial charge in [0.15, 0.2) is 0 Å². The third kappa shape index (κ3) is 2.44. The lowest BCUT2D eigenvalue weighted by atomic mass is 10.1. The van der Waals surface area contributed by atoms with Gasteiger partial charge >= 0.3 is 0 Å². The number of hydrogen-bond acceptors (Lipinski definition) is 5. The van der Waals surface area contributed by atoms with Crippen LogP contribution in [-0.4, -0.2) is 9.97 Å². The van der Waals surface area contributed by atoms with Crippen molar-refractivity contribution in [3.8, 4) is 0 Å². The largest absolute Gasteiger partial charge is 0.469 e. The SMILES string of the molecule is Cc1nccc(C(Cc2ccco2)NN)n1. The van der Waals surface area contributed by atoms with Gasteiger partial charge in [0.05, 0.1) is 18.0 Å². The number of aromatic nitrogens is 2. The molecule has 0 bridgehead atoms. The first-order chi connectivity index (χ1) is 7.79. The zero-order valence-electron chi connectivity index (χ0n) is 9.05. The quantitative estimate of drug-likeness (QED) is 0.594. The Hall–Kier alpha value is -1.72.